The van der Waals surface area contributed by atoms with Crippen LogP contribution in [0.25, 0.3) is 0 Å². The van der Waals surface area contributed by atoms with Gasteiger partial charge in [0, 0.05) is 12.0 Å². The molecule has 0 aromatic heterocycles. The van der Waals surface area contributed by atoms with E-state index < -0.39 is 0 Å². The third-order valence-corrected chi connectivity index (χ3v) is 3.02. The maximum absolute atomic E-state index is 5.46. The van der Waals surface area contributed by atoms with Crippen LogP contribution < -0.4 is 14.2 Å². The molecule has 1 heterocycles. The standard InChI is InChI=1S/C15H14O3/c1-16-14-12(9-11-5-3-2-4-6-11)7-8-13-15(14)18-10-17-13/h2-8H,9-10H2,1H3. The molecule has 2 aromatic rings. The summed E-state index contributed by atoms with van der Waals surface area (Å²) in [4.78, 5) is 0. The first-order chi connectivity index (χ1) is 8.88. The summed E-state index contributed by atoms with van der Waals surface area (Å²) in [6.45, 7) is 0.264. The highest BCUT2D eigenvalue weighted by atomic mass is 16.7. The topological polar surface area (TPSA) is 27.7 Å². The quantitative estimate of drug-likeness (QED) is 0.828. The van der Waals surface area contributed by atoms with Gasteiger partial charge in [-0.3, -0.25) is 0 Å². The Bertz CT molecular complexity index is 549. The summed E-state index contributed by atoms with van der Waals surface area (Å²) in [6, 6.07) is 14.3. The van der Waals surface area contributed by atoms with Crippen LogP contribution in [-0.2, 0) is 6.42 Å². The highest BCUT2D eigenvalue weighted by Crippen LogP contribution is 2.43. The lowest BCUT2D eigenvalue weighted by Crippen LogP contribution is -1.96. The number of hydrogen-bond donors (Lipinski definition) is 0. The zero-order valence-corrected chi connectivity index (χ0v) is 10.2. The molecule has 0 radical (unpaired) electrons. The maximum atomic E-state index is 5.46. The molecule has 92 valence electrons. The lowest BCUT2D eigenvalue weighted by atomic mass is 10.0. The first-order valence-corrected chi connectivity index (χ1v) is 5.88. The van der Waals surface area contributed by atoms with Crippen molar-refractivity contribution in [3.63, 3.8) is 0 Å². The van der Waals surface area contributed by atoms with Crippen molar-refractivity contribution in [1.29, 1.82) is 0 Å². The number of hydrogen-bond acceptors (Lipinski definition) is 3. The van der Waals surface area contributed by atoms with E-state index in [4.69, 9.17) is 14.2 Å². The number of fused-ring (bicyclic) bond motifs is 1. The molecule has 0 N–H and O–H groups in total. The lowest BCUT2D eigenvalue weighted by molar-refractivity contribution is 0.171. The molecule has 0 spiro atoms. The predicted molar refractivity (Wildman–Crippen MR) is 68.4 cm³/mol. The SMILES string of the molecule is COc1c(Cc2ccccc2)ccc2c1OCO2. The van der Waals surface area contributed by atoms with E-state index in [2.05, 4.69) is 12.1 Å². The molecule has 3 nitrogen and oxygen atoms in total. The molecular weight excluding hydrogens is 228 g/mol. The Morgan fingerprint density at radius 3 is 2.67 bits per heavy atom. The summed E-state index contributed by atoms with van der Waals surface area (Å²) in [5, 5.41) is 0. The molecule has 2 aromatic carbocycles. The number of ether oxygens (including phenoxy) is 3. The summed E-state index contributed by atoms with van der Waals surface area (Å²) in [6.07, 6.45) is 0.820. The van der Waals surface area contributed by atoms with E-state index >= 15 is 0 Å². The Labute approximate surface area is 106 Å². The summed E-state index contributed by atoms with van der Waals surface area (Å²) < 4.78 is 16.3. The fourth-order valence-corrected chi connectivity index (χ4v) is 2.17. The number of rotatable bonds is 3. The van der Waals surface area contributed by atoms with Gasteiger partial charge in [0.05, 0.1) is 7.11 Å². The summed E-state index contributed by atoms with van der Waals surface area (Å²) in [5.41, 5.74) is 2.35. The Kier molecular flexibility index (Phi) is 2.81. The normalized spacial score (nSPS) is 12.5. The second kappa shape index (κ2) is 4.61. The molecule has 3 rings (SSSR count). The van der Waals surface area contributed by atoms with Crippen molar-refractivity contribution in [2.24, 2.45) is 0 Å². The van der Waals surface area contributed by atoms with Gasteiger partial charge in [0.1, 0.15) is 0 Å². The van der Waals surface area contributed by atoms with Crippen LogP contribution in [0.4, 0.5) is 0 Å². The van der Waals surface area contributed by atoms with Crippen molar-refractivity contribution in [2.45, 2.75) is 6.42 Å². The van der Waals surface area contributed by atoms with Gasteiger partial charge in [-0.25, -0.2) is 0 Å². The molecule has 0 atom stereocenters. The fourth-order valence-electron chi connectivity index (χ4n) is 2.17. The molecular formula is C15H14O3. The largest absolute Gasteiger partial charge is 0.492 e. The molecule has 0 saturated heterocycles. The van der Waals surface area contributed by atoms with E-state index in [-0.39, 0.29) is 6.79 Å². The fraction of sp³-hybridized carbons (Fsp3) is 0.200. The van der Waals surface area contributed by atoms with Gasteiger partial charge in [0.25, 0.3) is 0 Å². The summed E-state index contributed by atoms with van der Waals surface area (Å²) in [7, 11) is 1.66. The van der Waals surface area contributed by atoms with Gasteiger partial charge in [-0.15, -0.1) is 0 Å². The maximum Gasteiger partial charge on any atom is 0.231 e. The van der Waals surface area contributed by atoms with E-state index in [0.717, 1.165) is 23.5 Å². The third-order valence-electron chi connectivity index (χ3n) is 3.02. The predicted octanol–water partition coefficient (Wildman–Crippen LogP) is 3.01. The molecule has 0 bridgehead atoms. The van der Waals surface area contributed by atoms with Crippen molar-refractivity contribution >= 4 is 0 Å². The minimum Gasteiger partial charge on any atom is -0.492 e. The Balaban J connectivity index is 1.97. The zero-order chi connectivity index (χ0) is 12.4. The van der Waals surface area contributed by atoms with Crippen LogP contribution >= 0.6 is 0 Å². The molecule has 18 heavy (non-hydrogen) atoms. The molecule has 0 aliphatic carbocycles. The highest BCUT2D eigenvalue weighted by molar-refractivity contribution is 5.57. The Hall–Kier alpha value is -2.16. The van der Waals surface area contributed by atoms with Crippen LogP contribution in [0.5, 0.6) is 17.2 Å². The van der Waals surface area contributed by atoms with Crippen LogP contribution in [0.2, 0.25) is 0 Å². The number of benzene rings is 2. The smallest absolute Gasteiger partial charge is 0.231 e. The van der Waals surface area contributed by atoms with E-state index in [9.17, 15) is 0 Å². The van der Waals surface area contributed by atoms with Gasteiger partial charge in [-0.1, -0.05) is 36.4 Å². The number of methoxy groups -OCH3 is 1. The summed E-state index contributed by atoms with van der Waals surface area (Å²) >= 11 is 0. The molecule has 0 saturated carbocycles. The van der Waals surface area contributed by atoms with E-state index in [1.807, 2.05) is 30.3 Å². The second-order valence-corrected chi connectivity index (χ2v) is 4.15. The lowest BCUT2D eigenvalue weighted by Gasteiger charge is -2.11. The zero-order valence-electron chi connectivity index (χ0n) is 10.2. The van der Waals surface area contributed by atoms with Gasteiger partial charge < -0.3 is 14.2 Å². The van der Waals surface area contributed by atoms with Crippen molar-refractivity contribution in [1.82, 2.24) is 0 Å². The van der Waals surface area contributed by atoms with Crippen molar-refractivity contribution in [2.75, 3.05) is 13.9 Å². The van der Waals surface area contributed by atoms with Gasteiger partial charge in [-0.2, -0.15) is 0 Å². The van der Waals surface area contributed by atoms with Crippen molar-refractivity contribution in [3.05, 3.63) is 53.6 Å². The summed E-state index contributed by atoms with van der Waals surface area (Å²) in [5.74, 6) is 2.24. The van der Waals surface area contributed by atoms with Crippen LogP contribution in [0.15, 0.2) is 42.5 Å². The minimum absolute atomic E-state index is 0.264. The van der Waals surface area contributed by atoms with Crippen molar-refractivity contribution in [3.8, 4) is 17.2 Å². The monoisotopic (exact) mass is 242 g/mol. The molecule has 0 amide bonds. The highest BCUT2D eigenvalue weighted by Gasteiger charge is 2.21. The van der Waals surface area contributed by atoms with E-state index in [1.165, 1.54) is 5.56 Å². The molecule has 0 fully saturated rings. The molecule has 1 aliphatic rings. The van der Waals surface area contributed by atoms with Crippen LogP contribution in [0.1, 0.15) is 11.1 Å². The molecule has 0 unspecified atom stereocenters. The van der Waals surface area contributed by atoms with Crippen LogP contribution in [0, 0.1) is 0 Å². The average Bonchev–Trinajstić information content (AvgIpc) is 2.88. The first-order valence-electron chi connectivity index (χ1n) is 5.88. The Morgan fingerprint density at radius 1 is 1.06 bits per heavy atom. The van der Waals surface area contributed by atoms with Crippen molar-refractivity contribution < 1.29 is 14.2 Å². The second-order valence-electron chi connectivity index (χ2n) is 4.15. The third kappa shape index (κ3) is 1.88. The van der Waals surface area contributed by atoms with Crippen LogP contribution in [0.3, 0.4) is 0 Å². The minimum atomic E-state index is 0.264. The van der Waals surface area contributed by atoms with Gasteiger partial charge in [-0.05, 0) is 11.6 Å². The molecule has 3 heteroatoms. The molecule has 1 aliphatic heterocycles. The van der Waals surface area contributed by atoms with Gasteiger partial charge >= 0.3 is 0 Å². The van der Waals surface area contributed by atoms with Crippen LogP contribution in [-0.4, -0.2) is 13.9 Å². The Morgan fingerprint density at radius 2 is 1.89 bits per heavy atom. The van der Waals surface area contributed by atoms with E-state index in [1.54, 1.807) is 7.11 Å². The van der Waals surface area contributed by atoms with Gasteiger partial charge in [0.2, 0.25) is 12.5 Å². The first kappa shape index (κ1) is 11.0. The van der Waals surface area contributed by atoms with Gasteiger partial charge in [0.15, 0.2) is 11.5 Å². The van der Waals surface area contributed by atoms with E-state index in [0.29, 0.717) is 5.75 Å². The average molecular weight is 242 g/mol.